The Morgan fingerprint density at radius 2 is 1.77 bits per heavy atom. The Balaban J connectivity index is 2.06. The van der Waals surface area contributed by atoms with Gasteiger partial charge in [0.25, 0.3) is 0 Å². The van der Waals surface area contributed by atoms with Crippen molar-refractivity contribution in [2.75, 3.05) is 21.3 Å². The first-order valence-corrected chi connectivity index (χ1v) is 9.71. The van der Waals surface area contributed by atoms with Gasteiger partial charge in [0.05, 0.1) is 31.9 Å². The number of aryl methyl sites for hydroxylation is 1. The number of benzene rings is 2. The lowest BCUT2D eigenvalue weighted by Crippen LogP contribution is -2.10. The molecule has 156 valence electrons. The molecule has 3 rings (SSSR count). The number of ether oxygens (including phenoxy) is 3. The van der Waals surface area contributed by atoms with E-state index in [9.17, 15) is 15.0 Å². The highest BCUT2D eigenvalue weighted by Gasteiger charge is 2.33. The third kappa shape index (κ3) is 4.28. The molecule has 0 bridgehead atoms. The van der Waals surface area contributed by atoms with E-state index in [4.69, 9.17) is 14.2 Å². The van der Waals surface area contributed by atoms with E-state index < -0.39 is 5.97 Å². The van der Waals surface area contributed by atoms with Crippen LogP contribution < -0.4 is 9.47 Å². The van der Waals surface area contributed by atoms with Crippen LogP contribution in [-0.4, -0.2) is 42.6 Å². The normalized spacial score (nSPS) is 16.3. The van der Waals surface area contributed by atoms with Crippen LogP contribution >= 0.6 is 11.8 Å². The Morgan fingerprint density at radius 3 is 2.40 bits per heavy atom. The van der Waals surface area contributed by atoms with Crippen LogP contribution in [0.4, 0.5) is 5.69 Å². The minimum Gasteiger partial charge on any atom is -0.507 e. The molecular weight excluding hydrogens is 406 g/mol. The van der Waals surface area contributed by atoms with Gasteiger partial charge in [-0.05, 0) is 36.8 Å². The van der Waals surface area contributed by atoms with Gasteiger partial charge in [0.15, 0.2) is 11.5 Å². The Hall–Kier alpha value is -3.39. The summed E-state index contributed by atoms with van der Waals surface area (Å²) in [4.78, 5) is 17.2. The lowest BCUT2D eigenvalue weighted by molar-refractivity contribution is -0.135. The van der Waals surface area contributed by atoms with Gasteiger partial charge in [0.2, 0.25) is 0 Å². The van der Waals surface area contributed by atoms with Gasteiger partial charge < -0.3 is 24.4 Å². The molecule has 0 spiro atoms. The summed E-state index contributed by atoms with van der Waals surface area (Å²) < 4.78 is 15.3. The van der Waals surface area contributed by atoms with Gasteiger partial charge in [-0.15, -0.1) is 0 Å². The van der Waals surface area contributed by atoms with E-state index in [1.165, 1.54) is 21.3 Å². The Morgan fingerprint density at radius 1 is 1.03 bits per heavy atom. The number of thioether (sulfide) groups is 1. The summed E-state index contributed by atoms with van der Waals surface area (Å²) in [6.07, 6.45) is 1.59. The largest absolute Gasteiger partial charge is 0.507 e. The van der Waals surface area contributed by atoms with Crippen molar-refractivity contribution in [3.8, 4) is 17.2 Å². The number of phenols is 1. The van der Waals surface area contributed by atoms with Gasteiger partial charge in [-0.1, -0.05) is 23.9 Å². The zero-order valence-electron chi connectivity index (χ0n) is 16.9. The molecule has 0 aromatic heterocycles. The number of phenolic OH excluding ortho intramolecular Hbond substituents is 1. The highest BCUT2D eigenvalue weighted by atomic mass is 32.2. The predicted octanol–water partition coefficient (Wildman–Crippen LogP) is 4.52. The van der Waals surface area contributed by atoms with E-state index >= 15 is 0 Å². The van der Waals surface area contributed by atoms with Crippen LogP contribution in [0, 0.1) is 6.92 Å². The maximum absolute atomic E-state index is 12.3. The zero-order valence-corrected chi connectivity index (χ0v) is 17.7. The van der Waals surface area contributed by atoms with Crippen molar-refractivity contribution in [1.29, 1.82) is 0 Å². The van der Waals surface area contributed by atoms with Crippen molar-refractivity contribution < 1.29 is 29.2 Å². The van der Waals surface area contributed by atoms with Crippen LogP contribution in [0.15, 0.2) is 57.6 Å². The smallest absolute Gasteiger partial charge is 0.344 e. The van der Waals surface area contributed by atoms with Crippen molar-refractivity contribution >= 4 is 34.5 Å². The highest BCUT2D eigenvalue weighted by molar-refractivity contribution is 8.18. The summed E-state index contributed by atoms with van der Waals surface area (Å²) in [6, 6.07) is 10.2. The van der Waals surface area contributed by atoms with Gasteiger partial charge in [-0.25, -0.2) is 9.79 Å². The number of aliphatic hydroxyl groups is 1. The van der Waals surface area contributed by atoms with E-state index in [2.05, 4.69) is 4.99 Å². The Kier molecular flexibility index (Phi) is 6.37. The number of hydrogen-bond donors (Lipinski definition) is 2. The molecule has 2 aromatic carbocycles. The summed E-state index contributed by atoms with van der Waals surface area (Å²) in [5.41, 5.74) is 1.87. The monoisotopic (exact) mass is 427 g/mol. The average Bonchev–Trinajstić information content (AvgIpc) is 3.04. The number of carbonyl (C=O) groups is 1. The van der Waals surface area contributed by atoms with E-state index in [0.717, 1.165) is 17.3 Å². The molecule has 0 radical (unpaired) electrons. The summed E-state index contributed by atoms with van der Waals surface area (Å²) in [7, 11) is 4.28. The highest BCUT2D eigenvalue weighted by Crippen LogP contribution is 2.41. The van der Waals surface area contributed by atoms with E-state index in [1.807, 2.05) is 13.0 Å². The third-order valence-electron chi connectivity index (χ3n) is 4.35. The summed E-state index contributed by atoms with van der Waals surface area (Å²) in [5.74, 6) is 0.126. The second-order valence-electron chi connectivity index (χ2n) is 6.34. The van der Waals surface area contributed by atoms with Crippen molar-refractivity contribution in [3.63, 3.8) is 0 Å². The molecule has 30 heavy (non-hydrogen) atoms. The first-order chi connectivity index (χ1) is 14.4. The molecule has 0 saturated heterocycles. The first-order valence-electron chi connectivity index (χ1n) is 8.90. The maximum atomic E-state index is 12.3. The molecular formula is C22H21NO6S. The standard InChI is InChI=1S/C22H21NO6S/c1-12-5-6-13(15(24)9-12)10-18-20(25)19(22(26)29-4)21(30-18)23-14-7-8-16(27-2)17(11-14)28-3/h5-11,24-25H,1-4H3. The number of aromatic hydroxyl groups is 1. The molecule has 8 heteroatoms. The molecule has 1 heterocycles. The van der Waals surface area contributed by atoms with Crippen molar-refractivity contribution in [3.05, 3.63) is 63.8 Å². The van der Waals surface area contributed by atoms with Crippen LogP contribution in [-0.2, 0) is 9.53 Å². The van der Waals surface area contributed by atoms with E-state index in [-0.39, 0.29) is 22.1 Å². The molecule has 0 aliphatic carbocycles. The Labute approximate surface area is 178 Å². The lowest BCUT2D eigenvalue weighted by atomic mass is 10.1. The second kappa shape index (κ2) is 8.96. The van der Waals surface area contributed by atoms with E-state index in [0.29, 0.717) is 27.7 Å². The third-order valence-corrected chi connectivity index (χ3v) is 5.37. The minimum absolute atomic E-state index is 0.0462. The first kappa shape index (κ1) is 21.3. The van der Waals surface area contributed by atoms with Crippen LogP contribution in [0.2, 0.25) is 0 Å². The van der Waals surface area contributed by atoms with Crippen molar-refractivity contribution in [2.45, 2.75) is 6.92 Å². The van der Waals surface area contributed by atoms with Gasteiger partial charge in [0, 0.05) is 11.6 Å². The molecule has 7 nitrogen and oxygen atoms in total. The molecule has 0 fully saturated rings. The van der Waals surface area contributed by atoms with Gasteiger partial charge in [-0.3, -0.25) is 0 Å². The zero-order chi connectivity index (χ0) is 21.8. The summed E-state index contributed by atoms with van der Waals surface area (Å²) >= 11 is 1.10. The number of esters is 1. The SMILES string of the molecule is COC(=O)C1=C(O)C(=Cc2ccc(C)cc2O)SC1=Nc1ccc(OC)c(OC)c1. The summed E-state index contributed by atoms with van der Waals surface area (Å²) in [5, 5.41) is 21.1. The van der Waals surface area contributed by atoms with Crippen molar-refractivity contribution in [2.24, 2.45) is 4.99 Å². The minimum atomic E-state index is -0.712. The second-order valence-corrected chi connectivity index (χ2v) is 7.38. The van der Waals surface area contributed by atoms with Gasteiger partial charge in [-0.2, -0.15) is 0 Å². The number of hydrogen-bond acceptors (Lipinski definition) is 8. The molecule has 2 N–H and O–H groups in total. The molecule has 0 unspecified atom stereocenters. The van der Waals surface area contributed by atoms with E-state index in [1.54, 1.807) is 36.4 Å². The van der Waals surface area contributed by atoms with Crippen LogP contribution in [0.25, 0.3) is 6.08 Å². The van der Waals surface area contributed by atoms with Crippen LogP contribution in [0.1, 0.15) is 11.1 Å². The molecule has 0 saturated carbocycles. The van der Waals surface area contributed by atoms with Gasteiger partial charge in [0.1, 0.15) is 22.1 Å². The number of aliphatic imine (C=N–C) groups is 1. The molecule has 1 aliphatic heterocycles. The lowest BCUT2D eigenvalue weighted by Gasteiger charge is -2.08. The number of carbonyl (C=O) groups excluding carboxylic acids is 1. The predicted molar refractivity (Wildman–Crippen MR) is 117 cm³/mol. The number of rotatable bonds is 5. The molecule has 2 aromatic rings. The summed E-state index contributed by atoms with van der Waals surface area (Å²) in [6.45, 7) is 1.86. The fourth-order valence-electron chi connectivity index (χ4n) is 2.82. The quantitative estimate of drug-likeness (QED) is 0.677. The molecule has 1 aliphatic rings. The average molecular weight is 427 g/mol. The Bertz CT molecular complexity index is 1090. The van der Waals surface area contributed by atoms with Crippen molar-refractivity contribution in [1.82, 2.24) is 0 Å². The number of aliphatic hydroxyl groups excluding tert-OH is 1. The maximum Gasteiger partial charge on any atom is 0.344 e. The number of nitrogens with zero attached hydrogens (tertiary/aromatic N) is 1. The van der Waals surface area contributed by atoms with Crippen LogP contribution in [0.3, 0.4) is 0 Å². The number of methoxy groups -OCH3 is 3. The molecule has 0 atom stereocenters. The van der Waals surface area contributed by atoms with Crippen LogP contribution in [0.5, 0.6) is 17.2 Å². The molecule has 0 amide bonds. The van der Waals surface area contributed by atoms with Gasteiger partial charge >= 0.3 is 5.97 Å². The fraction of sp³-hybridized carbons (Fsp3) is 0.182. The fourth-order valence-corrected chi connectivity index (χ4v) is 3.85. The topological polar surface area (TPSA) is 97.6 Å².